The number of alkyl halides is 5. The summed E-state index contributed by atoms with van der Waals surface area (Å²) in [4.78, 5) is 20.8. The second-order valence-electron chi connectivity index (χ2n) is 2.45. The molecule has 9 heteroatoms. The van der Waals surface area contributed by atoms with Crippen molar-refractivity contribution in [2.75, 3.05) is 13.2 Å². The molecule has 0 spiro atoms. The summed E-state index contributed by atoms with van der Waals surface area (Å²) in [5.41, 5.74) is 0. The topological polar surface area (TPSA) is 52.6 Å². The molecule has 16 heavy (non-hydrogen) atoms. The zero-order valence-corrected chi connectivity index (χ0v) is 7.94. The number of carbonyl (C=O) groups excluding carboxylic acids is 2. The van der Waals surface area contributed by atoms with Gasteiger partial charge in [0.15, 0.2) is 6.61 Å². The molecule has 0 heterocycles. The zero-order valence-electron chi connectivity index (χ0n) is 7.94. The van der Waals surface area contributed by atoms with E-state index in [1.807, 2.05) is 0 Å². The fourth-order valence-corrected chi connectivity index (χ4v) is 0.533. The average molecular weight is 250 g/mol. The van der Waals surface area contributed by atoms with Crippen LogP contribution in [0.5, 0.6) is 0 Å². The Bertz CT molecular complexity index is 272. The Kier molecular flexibility index (Phi) is 4.63. The van der Waals surface area contributed by atoms with Crippen molar-refractivity contribution >= 4 is 11.9 Å². The van der Waals surface area contributed by atoms with E-state index in [2.05, 4.69) is 9.47 Å². The molecule has 0 aromatic heterocycles. The number of carbonyl (C=O) groups is 2. The van der Waals surface area contributed by atoms with E-state index in [0.29, 0.717) is 0 Å². The Morgan fingerprint density at radius 1 is 1.06 bits per heavy atom. The zero-order chi connectivity index (χ0) is 13.0. The quantitative estimate of drug-likeness (QED) is 0.557. The van der Waals surface area contributed by atoms with Crippen molar-refractivity contribution in [2.45, 2.75) is 19.0 Å². The molecule has 0 fully saturated rings. The molecule has 0 rings (SSSR count). The van der Waals surface area contributed by atoms with Crippen LogP contribution in [0.1, 0.15) is 6.92 Å². The predicted octanol–water partition coefficient (Wildman–Crippen LogP) is 1.29. The third-order valence-electron chi connectivity index (χ3n) is 1.24. The monoisotopic (exact) mass is 250 g/mol. The molecule has 0 aromatic carbocycles. The Morgan fingerprint density at radius 3 is 1.94 bits per heavy atom. The van der Waals surface area contributed by atoms with Gasteiger partial charge in [0.1, 0.15) is 0 Å². The summed E-state index contributed by atoms with van der Waals surface area (Å²) < 4.78 is 66.8. The summed E-state index contributed by atoms with van der Waals surface area (Å²) >= 11 is 0. The van der Waals surface area contributed by atoms with Gasteiger partial charge in [-0.25, -0.2) is 9.59 Å². The predicted molar refractivity (Wildman–Crippen MR) is 38.6 cm³/mol. The van der Waals surface area contributed by atoms with Gasteiger partial charge in [0, 0.05) is 0 Å². The summed E-state index contributed by atoms with van der Waals surface area (Å²) in [6.45, 7) is -0.0333. The molecule has 4 nitrogen and oxygen atoms in total. The number of hydrogen-bond donors (Lipinski definition) is 0. The average Bonchev–Trinajstić information content (AvgIpc) is 2.12. The van der Waals surface area contributed by atoms with Crippen LogP contribution < -0.4 is 0 Å². The molecular weight excluding hydrogens is 243 g/mol. The van der Waals surface area contributed by atoms with Crippen LogP contribution in [0.4, 0.5) is 22.0 Å². The molecule has 94 valence electrons. The van der Waals surface area contributed by atoms with Gasteiger partial charge in [0.05, 0.1) is 6.61 Å². The van der Waals surface area contributed by atoms with E-state index in [1.54, 1.807) is 0 Å². The number of esters is 2. The third kappa shape index (κ3) is 3.63. The standard InChI is InChI=1S/C7H7F5O4/c1-2-15-4(13)3-16-5(14)6(8,9)7(10,11)12/h2-3H2,1H3. The van der Waals surface area contributed by atoms with Crippen molar-refractivity contribution in [3.05, 3.63) is 0 Å². The number of hydrogen-bond acceptors (Lipinski definition) is 4. The Labute approximate surface area is 86.3 Å². The summed E-state index contributed by atoms with van der Waals surface area (Å²) in [6.07, 6.45) is -6.06. The number of rotatable bonds is 4. The Hall–Kier alpha value is -1.41. The van der Waals surface area contributed by atoms with Crippen molar-refractivity contribution in [3.8, 4) is 0 Å². The highest BCUT2D eigenvalue weighted by Gasteiger charge is 2.65. The van der Waals surface area contributed by atoms with Crippen LogP contribution in [0.3, 0.4) is 0 Å². The first-order valence-electron chi connectivity index (χ1n) is 3.90. The van der Waals surface area contributed by atoms with Gasteiger partial charge in [-0.05, 0) is 6.92 Å². The molecule has 0 amide bonds. The minimum atomic E-state index is -6.06. The first kappa shape index (κ1) is 14.6. The lowest BCUT2D eigenvalue weighted by molar-refractivity contribution is -0.280. The van der Waals surface area contributed by atoms with E-state index in [0.717, 1.165) is 0 Å². The summed E-state index contributed by atoms with van der Waals surface area (Å²) in [5, 5.41) is 0. The van der Waals surface area contributed by atoms with Gasteiger partial charge < -0.3 is 9.47 Å². The van der Waals surface area contributed by atoms with Crippen LogP contribution >= 0.6 is 0 Å². The van der Waals surface area contributed by atoms with Gasteiger partial charge in [-0.2, -0.15) is 22.0 Å². The van der Waals surface area contributed by atoms with Crippen LogP contribution in [0.15, 0.2) is 0 Å². The lowest BCUT2D eigenvalue weighted by Crippen LogP contribution is -2.45. The van der Waals surface area contributed by atoms with Crippen molar-refractivity contribution < 1.29 is 41.0 Å². The maximum atomic E-state index is 12.2. The van der Waals surface area contributed by atoms with E-state index in [4.69, 9.17) is 0 Å². The molecule has 0 atom stereocenters. The van der Waals surface area contributed by atoms with Crippen LogP contribution in [-0.4, -0.2) is 37.3 Å². The van der Waals surface area contributed by atoms with Crippen molar-refractivity contribution in [2.24, 2.45) is 0 Å². The fourth-order valence-electron chi connectivity index (χ4n) is 0.533. The molecular formula is C7H7F5O4. The summed E-state index contributed by atoms with van der Waals surface area (Å²) in [5.74, 6) is -9.69. The summed E-state index contributed by atoms with van der Waals surface area (Å²) in [7, 11) is 0. The molecule has 0 aliphatic rings. The SMILES string of the molecule is CCOC(=O)COC(=O)C(F)(F)C(F)(F)F. The molecule has 0 radical (unpaired) electrons. The largest absolute Gasteiger partial charge is 0.465 e. The van der Waals surface area contributed by atoms with Crippen LogP contribution in [0, 0.1) is 0 Å². The van der Waals surface area contributed by atoms with Crippen LogP contribution in [0.25, 0.3) is 0 Å². The second kappa shape index (κ2) is 5.08. The van der Waals surface area contributed by atoms with Gasteiger partial charge in [0.2, 0.25) is 0 Å². The molecule has 0 saturated heterocycles. The lowest BCUT2D eigenvalue weighted by atomic mass is 10.3. The lowest BCUT2D eigenvalue weighted by Gasteiger charge is -2.17. The van der Waals surface area contributed by atoms with Crippen molar-refractivity contribution in [1.82, 2.24) is 0 Å². The van der Waals surface area contributed by atoms with Gasteiger partial charge in [-0.3, -0.25) is 0 Å². The van der Waals surface area contributed by atoms with Gasteiger partial charge in [-0.1, -0.05) is 0 Å². The molecule has 0 aliphatic carbocycles. The molecule has 0 aromatic rings. The molecule has 0 bridgehead atoms. The van der Waals surface area contributed by atoms with Crippen molar-refractivity contribution in [1.29, 1.82) is 0 Å². The van der Waals surface area contributed by atoms with E-state index < -0.39 is 30.6 Å². The Morgan fingerprint density at radius 2 is 1.56 bits per heavy atom. The van der Waals surface area contributed by atoms with Crippen LogP contribution in [0.2, 0.25) is 0 Å². The van der Waals surface area contributed by atoms with E-state index in [1.165, 1.54) is 6.92 Å². The molecule has 0 N–H and O–H groups in total. The normalized spacial score (nSPS) is 12.1. The molecule has 0 unspecified atom stereocenters. The number of halogens is 5. The van der Waals surface area contributed by atoms with Gasteiger partial charge >= 0.3 is 24.0 Å². The van der Waals surface area contributed by atoms with E-state index >= 15 is 0 Å². The second-order valence-corrected chi connectivity index (χ2v) is 2.45. The summed E-state index contributed by atoms with van der Waals surface area (Å²) in [6, 6.07) is 0. The Balaban J connectivity index is 4.32. The highest BCUT2D eigenvalue weighted by Crippen LogP contribution is 2.36. The minimum absolute atomic E-state index is 0.119. The number of ether oxygens (including phenoxy) is 2. The van der Waals surface area contributed by atoms with E-state index in [9.17, 15) is 31.5 Å². The maximum Gasteiger partial charge on any atom is 0.465 e. The fraction of sp³-hybridized carbons (Fsp3) is 0.714. The smallest absolute Gasteiger partial charge is 0.463 e. The van der Waals surface area contributed by atoms with E-state index in [-0.39, 0.29) is 6.61 Å². The first-order valence-corrected chi connectivity index (χ1v) is 3.90. The maximum absolute atomic E-state index is 12.2. The first-order chi connectivity index (χ1) is 7.13. The molecule has 0 saturated carbocycles. The van der Waals surface area contributed by atoms with Crippen molar-refractivity contribution in [3.63, 3.8) is 0 Å². The molecule has 0 aliphatic heterocycles. The highest BCUT2D eigenvalue weighted by molar-refractivity contribution is 5.81. The van der Waals surface area contributed by atoms with Gasteiger partial charge in [0.25, 0.3) is 0 Å². The highest BCUT2D eigenvalue weighted by atomic mass is 19.4. The minimum Gasteiger partial charge on any atom is -0.463 e. The van der Waals surface area contributed by atoms with Crippen LogP contribution in [-0.2, 0) is 19.1 Å². The van der Waals surface area contributed by atoms with Gasteiger partial charge in [-0.15, -0.1) is 0 Å². The third-order valence-corrected chi connectivity index (χ3v) is 1.24.